The predicted octanol–water partition coefficient (Wildman–Crippen LogP) is 3.54. The first-order valence-electron chi connectivity index (χ1n) is 12.4. The van der Waals surface area contributed by atoms with Crippen LogP contribution in [0.15, 0.2) is 42.7 Å². The molecule has 0 unspecified atom stereocenters. The van der Waals surface area contributed by atoms with Crippen LogP contribution in [0.2, 0.25) is 5.02 Å². The Hall–Kier alpha value is -4.43. The molecule has 208 valence electrons. The fourth-order valence-electron chi connectivity index (χ4n) is 4.74. The lowest BCUT2D eigenvalue weighted by molar-refractivity contribution is 0.0219. The Kier molecular flexibility index (Phi) is 7.71. The summed E-state index contributed by atoms with van der Waals surface area (Å²) in [6, 6.07) is 7.29. The maximum atomic E-state index is 15.7. The molecule has 5 rings (SSSR count). The van der Waals surface area contributed by atoms with Crippen molar-refractivity contribution in [1.82, 2.24) is 40.3 Å². The summed E-state index contributed by atoms with van der Waals surface area (Å²) in [5.41, 5.74) is 0.910. The highest BCUT2D eigenvalue weighted by Crippen LogP contribution is 2.34. The number of ether oxygens (including phenoxy) is 1. The minimum absolute atomic E-state index is 0.115. The number of benzene rings is 1. The Morgan fingerprint density at radius 3 is 2.83 bits per heavy atom. The number of carboxylic acid groups (broad SMARTS) is 1. The number of tetrazole rings is 1. The molecule has 0 radical (unpaired) electrons. The Balaban J connectivity index is 1.51. The first-order valence-corrected chi connectivity index (χ1v) is 12.8. The van der Waals surface area contributed by atoms with Gasteiger partial charge >= 0.3 is 6.16 Å². The molecule has 4 heterocycles. The molecule has 3 aromatic heterocycles. The highest BCUT2D eigenvalue weighted by molar-refractivity contribution is 6.33. The van der Waals surface area contributed by atoms with Crippen molar-refractivity contribution < 1.29 is 23.8 Å². The normalized spacial score (nSPS) is 15.9. The lowest BCUT2D eigenvalue weighted by Gasteiger charge is -2.34. The third-order valence-electron chi connectivity index (χ3n) is 6.59. The van der Waals surface area contributed by atoms with Gasteiger partial charge in [0.25, 0.3) is 5.91 Å². The van der Waals surface area contributed by atoms with Crippen LogP contribution in [0.3, 0.4) is 0 Å². The minimum atomic E-state index is -1.50. The first kappa shape index (κ1) is 27.1. The topological polar surface area (TPSA) is 153 Å². The van der Waals surface area contributed by atoms with E-state index in [2.05, 4.69) is 30.9 Å². The number of nitrogens with zero attached hydrogens (tertiary/aromatic N) is 8. The number of carbonyl (C=O) groups excluding carboxylic acids is 1. The zero-order valence-electron chi connectivity index (χ0n) is 21.5. The zero-order valence-corrected chi connectivity index (χ0v) is 22.3. The Morgan fingerprint density at radius 2 is 2.12 bits per heavy atom. The minimum Gasteiger partial charge on any atom is -0.450 e. The number of anilines is 1. The number of nitrogens with one attached hydrogen (secondary N) is 1. The van der Waals surface area contributed by atoms with Gasteiger partial charge in [0.05, 0.1) is 17.3 Å². The van der Waals surface area contributed by atoms with Crippen molar-refractivity contribution in [1.29, 1.82) is 0 Å². The number of rotatable bonds is 7. The molecule has 4 aromatic rings. The lowest BCUT2D eigenvalue weighted by atomic mass is 10.0. The van der Waals surface area contributed by atoms with Crippen LogP contribution in [0, 0.1) is 5.82 Å². The molecular weight excluding hydrogens is 545 g/mol. The van der Waals surface area contributed by atoms with E-state index in [1.54, 1.807) is 25.4 Å². The molecule has 1 aliphatic heterocycles. The van der Waals surface area contributed by atoms with Gasteiger partial charge in [0, 0.05) is 36.5 Å². The van der Waals surface area contributed by atoms with E-state index in [1.807, 2.05) is 0 Å². The van der Waals surface area contributed by atoms with Crippen molar-refractivity contribution in [2.45, 2.75) is 32.0 Å². The Bertz CT molecular complexity index is 1550. The molecule has 15 heteroatoms. The van der Waals surface area contributed by atoms with Crippen LogP contribution in [0.1, 0.15) is 36.4 Å². The van der Waals surface area contributed by atoms with Crippen LogP contribution in [-0.4, -0.2) is 71.3 Å². The molecule has 0 spiro atoms. The molecule has 1 saturated heterocycles. The molecule has 1 fully saturated rings. The van der Waals surface area contributed by atoms with Crippen LogP contribution in [0.5, 0.6) is 0 Å². The van der Waals surface area contributed by atoms with E-state index in [-0.39, 0.29) is 23.0 Å². The summed E-state index contributed by atoms with van der Waals surface area (Å²) < 4.78 is 23.1. The van der Waals surface area contributed by atoms with Crippen LogP contribution in [0.4, 0.5) is 15.0 Å². The van der Waals surface area contributed by atoms with E-state index >= 15 is 4.39 Å². The number of hydrogen-bond donors (Lipinski definition) is 2. The molecule has 13 nitrogen and oxygen atoms in total. The lowest BCUT2D eigenvalue weighted by Crippen LogP contribution is -2.49. The van der Waals surface area contributed by atoms with Crippen LogP contribution >= 0.6 is 11.6 Å². The fraction of sp³-hybridized carbons (Fsp3) is 0.320. The molecule has 40 heavy (non-hydrogen) atoms. The Labute approximate surface area is 232 Å². The van der Waals surface area contributed by atoms with Gasteiger partial charge in [-0.2, -0.15) is 9.78 Å². The van der Waals surface area contributed by atoms with Crippen molar-refractivity contribution >= 4 is 29.5 Å². The summed E-state index contributed by atoms with van der Waals surface area (Å²) in [7, 11) is 1.61. The maximum absolute atomic E-state index is 15.7. The standard InChI is InChI=1S/C25H25ClFN9O4/c1-14(40-25(38)39)36-23(31-32-33-36)21-18(13-30-34(21)2)17-8-7-15(11-20(17)27)24(37)35(16-5-3-9-28-12-16)22-19(26)6-4-10-29-22/h4,6-8,10-11,13-14,16,28H,3,5,9,12H2,1-2H3,(H,38,39)/t14-,16+/m0/s1. The maximum Gasteiger partial charge on any atom is 0.507 e. The summed E-state index contributed by atoms with van der Waals surface area (Å²) in [6.07, 6.45) is 2.03. The van der Waals surface area contributed by atoms with Crippen LogP contribution < -0.4 is 10.2 Å². The summed E-state index contributed by atoms with van der Waals surface area (Å²) in [6.45, 7) is 2.85. The SMILES string of the molecule is C[C@H](OC(=O)O)n1nnnc1-c1c(-c2ccc(C(=O)N(c3ncccc3Cl)[C@@H]3CCCNC3)cc2F)cnn1C. The number of pyridine rings is 1. The first-order chi connectivity index (χ1) is 19.3. The van der Waals surface area contributed by atoms with Gasteiger partial charge in [0.2, 0.25) is 5.82 Å². The van der Waals surface area contributed by atoms with Gasteiger partial charge in [0.15, 0.2) is 12.0 Å². The van der Waals surface area contributed by atoms with Crippen molar-refractivity contribution in [3.8, 4) is 22.6 Å². The molecule has 2 atom stereocenters. The summed E-state index contributed by atoms with van der Waals surface area (Å²) in [4.78, 5) is 30.7. The third-order valence-corrected chi connectivity index (χ3v) is 6.88. The highest BCUT2D eigenvalue weighted by atomic mass is 35.5. The van der Waals surface area contributed by atoms with Gasteiger partial charge in [-0.15, -0.1) is 5.10 Å². The van der Waals surface area contributed by atoms with Crippen molar-refractivity contribution in [2.24, 2.45) is 7.05 Å². The van der Waals surface area contributed by atoms with E-state index in [0.29, 0.717) is 28.6 Å². The smallest absolute Gasteiger partial charge is 0.450 e. The third kappa shape index (κ3) is 5.22. The van der Waals surface area contributed by atoms with Crippen LogP contribution in [-0.2, 0) is 11.8 Å². The quantitative estimate of drug-likeness (QED) is 0.316. The van der Waals surface area contributed by atoms with Gasteiger partial charge in [-0.1, -0.05) is 17.7 Å². The molecule has 1 aliphatic rings. The molecule has 0 aliphatic carbocycles. The number of amides is 1. The number of aromatic nitrogens is 7. The molecular formula is C25H25ClFN9O4. The Morgan fingerprint density at radius 1 is 1.30 bits per heavy atom. The van der Waals surface area contributed by atoms with E-state index in [9.17, 15) is 9.59 Å². The summed E-state index contributed by atoms with van der Waals surface area (Å²) >= 11 is 6.42. The number of halogens is 2. The van der Waals surface area contributed by atoms with E-state index in [4.69, 9.17) is 21.4 Å². The zero-order chi connectivity index (χ0) is 28.4. The van der Waals surface area contributed by atoms with Crippen LogP contribution in [0.25, 0.3) is 22.6 Å². The number of hydrogen-bond acceptors (Lipinski definition) is 9. The number of piperidine rings is 1. The van der Waals surface area contributed by atoms with Crippen molar-refractivity contribution in [2.75, 3.05) is 18.0 Å². The second-order valence-electron chi connectivity index (χ2n) is 9.14. The van der Waals surface area contributed by atoms with E-state index in [0.717, 1.165) is 30.1 Å². The average molecular weight is 570 g/mol. The molecule has 1 aromatic carbocycles. The predicted molar refractivity (Wildman–Crippen MR) is 141 cm³/mol. The fourth-order valence-corrected chi connectivity index (χ4v) is 4.95. The summed E-state index contributed by atoms with van der Waals surface area (Å²) in [5, 5.41) is 28.3. The van der Waals surface area contributed by atoms with Crippen molar-refractivity contribution in [3.63, 3.8) is 0 Å². The van der Waals surface area contributed by atoms with Gasteiger partial charge in [0.1, 0.15) is 11.5 Å². The molecule has 0 bridgehead atoms. The van der Waals surface area contributed by atoms with Gasteiger partial charge in [-0.25, -0.2) is 14.2 Å². The van der Waals surface area contributed by atoms with Crippen molar-refractivity contribution in [3.05, 3.63) is 59.1 Å². The highest BCUT2D eigenvalue weighted by Gasteiger charge is 2.31. The number of carbonyl (C=O) groups is 2. The molecule has 1 amide bonds. The second-order valence-corrected chi connectivity index (χ2v) is 9.55. The second kappa shape index (κ2) is 11.4. The molecule has 0 saturated carbocycles. The van der Waals surface area contributed by atoms with E-state index < -0.39 is 24.1 Å². The van der Waals surface area contributed by atoms with E-state index in [1.165, 1.54) is 34.8 Å². The van der Waals surface area contributed by atoms with Gasteiger partial charge < -0.3 is 15.2 Å². The van der Waals surface area contributed by atoms with Gasteiger partial charge in [-0.05, 0) is 61.0 Å². The largest absolute Gasteiger partial charge is 0.507 e. The number of aryl methyl sites for hydroxylation is 1. The molecule has 2 N–H and O–H groups in total. The van der Waals surface area contributed by atoms with Gasteiger partial charge in [-0.3, -0.25) is 14.4 Å². The average Bonchev–Trinajstić information content (AvgIpc) is 3.56. The summed E-state index contributed by atoms with van der Waals surface area (Å²) in [5.74, 6) is -0.687. The monoisotopic (exact) mass is 569 g/mol.